The van der Waals surface area contributed by atoms with Crippen LogP contribution in [0, 0.1) is 5.92 Å². The molecular formula is C17H28F3N5S. The molecule has 148 valence electrons. The van der Waals surface area contributed by atoms with Crippen LogP contribution in [0.2, 0.25) is 0 Å². The van der Waals surface area contributed by atoms with E-state index in [4.69, 9.17) is 0 Å². The standard InChI is InChI=1S/C17H28F3N5S/c1-4-21-16(22-8-13(3)25-7-5-6-12(2)10-25)23-9-15-24-14(11-26-15)17(18,19)20/h11-13H,4-10H2,1-3H3,(H2,21,22,23). The molecule has 26 heavy (non-hydrogen) atoms. The average Bonchev–Trinajstić information content (AvgIpc) is 3.06. The highest BCUT2D eigenvalue weighted by atomic mass is 32.1. The van der Waals surface area contributed by atoms with Crippen molar-refractivity contribution in [1.29, 1.82) is 0 Å². The molecule has 2 N–H and O–H groups in total. The molecule has 0 bridgehead atoms. The van der Waals surface area contributed by atoms with Gasteiger partial charge in [0.1, 0.15) is 5.01 Å². The highest BCUT2D eigenvalue weighted by molar-refractivity contribution is 7.09. The molecule has 0 saturated carbocycles. The lowest BCUT2D eigenvalue weighted by atomic mass is 9.99. The molecule has 0 radical (unpaired) electrons. The molecule has 1 saturated heterocycles. The summed E-state index contributed by atoms with van der Waals surface area (Å²) in [6, 6.07) is 0.373. The second kappa shape index (κ2) is 9.55. The van der Waals surface area contributed by atoms with Gasteiger partial charge in [-0.25, -0.2) is 9.98 Å². The van der Waals surface area contributed by atoms with Gasteiger partial charge in [-0.15, -0.1) is 11.3 Å². The summed E-state index contributed by atoms with van der Waals surface area (Å²) in [5.74, 6) is 1.33. The second-order valence-electron chi connectivity index (χ2n) is 6.79. The lowest BCUT2D eigenvalue weighted by molar-refractivity contribution is -0.140. The molecule has 1 aromatic heterocycles. The Labute approximate surface area is 157 Å². The van der Waals surface area contributed by atoms with Gasteiger partial charge in [-0.2, -0.15) is 13.2 Å². The topological polar surface area (TPSA) is 52.6 Å². The number of rotatable bonds is 6. The number of alkyl halides is 3. The number of hydrogen-bond donors (Lipinski definition) is 2. The maximum Gasteiger partial charge on any atom is 0.434 e. The largest absolute Gasteiger partial charge is 0.434 e. The van der Waals surface area contributed by atoms with Crippen molar-refractivity contribution in [3.8, 4) is 0 Å². The number of guanidine groups is 1. The predicted molar refractivity (Wildman–Crippen MR) is 99.4 cm³/mol. The fourth-order valence-electron chi connectivity index (χ4n) is 3.00. The quantitative estimate of drug-likeness (QED) is 0.577. The van der Waals surface area contributed by atoms with Crippen molar-refractivity contribution >= 4 is 17.3 Å². The van der Waals surface area contributed by atoms with Crippen LogP contribution in [0.25, 0.3) is 0 Å². The van der Waals surface area contributed by atoms with Crippen LogP contribution in [0.3, 0.4) is 0 Å². The number of thiazole rings is 1. The Morgan fingerprint density at radius 3 is 2.85 bits per heavy atom. The summed E-state index contributed by atoms with van der Waals surface area (Å²) >= 11 is 0.982. The van der Waals surface area contributed by atoms with Gasteiger partial charge in [0.2, 0.25) is 0 Å². The van der Waals surface area contributed by atoms with E-state index in [1.165, 1.54) is 12.8 Å². The van der Waals surface area contributed by atoms with Crippen molar-refractivity contribution in [1.82, 2.24) is 20.5 Å². The molecule has 1 aromatic rings. The summed E-state index contributed by atoms with van der Waals surface area (Å²) in [7, 11) is 0. The highest BCUT2D eigenvalue weighted by Crippen LogP contribution is 2.30. The maximum atomic E-state index is 12.6. The van der Waals surface area contributed by atoms with E-state index >= 15 is 0 Å². The van der Waals surface area contributed by atoms with Crippen molar-refractivity contribution in [3.63, 3.8) is 0 Å². The van der Waals surface area contributed by atoms with E-state index in [0.717, 1.165) is 42.3 Å². The van der Waals surface area contributed by atoms with E-state index in [-0.39, 0.29) is 6.54 Å². The predicted octanol–water partition coefficient (Wildman–Crippen LogP) is 3.34. The lowest BCUT2D eigenvalue weighted by Gasteiger charge is -2.35. The van der Waals surface area contributed by atoms with E-state index in [2.05, 4.69) is 39.4 Å². The molecule has 9 heteroatoms. The average molecular weight is 392 g/mol. The van der Waals surface area contributed by atoms with Crippen molar-refractivity contribution in [2.24, 2.45) is 10.9 Å². The minimum absolute atomic E-state index is 0.130. The summed E-state index contributed by atoms with van der Waals surface area (Å²) in [6.45, 7) is 10.2. The van der Waals surface area contributed by atoms with Crippen molar-refractivity contribution < 1.29 is 13.2 Å². The van der Waals surface area contributed by atoms with Crippen LogP contribution in [-0.2, 0) is 12.7 Å². The Hall–Kier alpha value is -1.35. The third-order valence-corrected chi connectivity index (χ3v) is 5.27. The third kappa shape index (κ3) is 6.42. The maximum absolute atomic E-state index is 12.6. The number of nitrogens with zero attached hydrogens (tertiary/aromatic N) is 3. The summed E-state index contributed by atoms with van der Waals surface area (Å²) in [4.78, 5) is 10.5. The minimum atomic E-state index is -4.40. The van der Waals surface area contributed by atoms with Crippen LogP contribution in [0.1, 0.15) is 44.3 Å². The zero-order valence-electron chi connectivity index (χ0n) is 15.6. The SMILES string of the molecule is CCNC(=NCc1nc(C(F)(F)F)cs1)NCC(C)N1CCCC(C)C1. The second-order valence-corrected chi connectivity index (χ2v) is 7.73. The normalized spacial score (nSPS) is 20.8. The first-order chi connectivity index (χ1) is 12.3. The van der Waals surface area contributed by atoms with Gasteiger partial charge in [-0.1, -0.05) is 6.92 Å². The Balaban J connectivity index is 1.88. The molecular weight excluding hydrogens is 363 g/mol. The van der Waals surface area contributed by atoms with Crippen LogP contribution < -0.4 is 10.6 Å². The molecule has 2 unspecified atom stereocenters. The van der Waals surface area contributed by atoms with E-state index in [1.807, 2.05) is 6.92 Å². The van der Waals surface area contributed by atoms with E-state index < -0.39 is 11.9 Å². The Kier molecular flexibility index (Phi) is 7.69. The number of aromatic nitrogens is 1. The van der Waals surface area contributed by atoms with Crippen molar-refractivity contribution in [2.45, 2.75) is 52.4 Å². The van der Waals surface area contributed by atoms with Gasteiger partial charge < -0.3 is 10.6 Å². The summed E-state index contributed by atoms with van der Waals surface area (Å²) < 4.78 is 37.8. The molecule has 2 rings (SSSR count). The van der Waals surface area contributed by atoms with Crippen LogP contribution in [0.5, 0.6) is 0 Å². The van der Waals surface area contributed by atoms with Crippen molar-refractivity contribution in [2.75, 3.05) is 26.2 Å². The van der Waals surface area contributed by atoms with E-state index in [1.54, 1.807) is 0 Å². The molecule has 0 aromatic carbocycles. The van der Waals surface area contributed by atoms with Gasteiger partial charge in [0, 0.05) is 31.1 Å². The smallest absolute Gasteiger partial charge is 0.357 e. The summed E-state index contributed by atoms with van der Waals surface area (Å²) in [6.07, 6.45) is -1.89. The van der Waals surface area contributed by atoms with Gasteiger partial charge in [0.05, 0.1) is 6.54 Å². The lowest BCUT2D eigenvalue weighted by Crippen LogP contribution is -2.48. The fraction of sp³-hybridized carbons (Fsp3) is 0.765. The van der Waals surface area contributed by atoms with Gasteiger partial charge in [-0.3, -0.25) is 4.90 Å². The number of likely N-dealkylation sites (tertiary alicyclic amines) is 1. The summed E-state index contributed by atoms with van der Waals surface area (Å²) in [5.41, 5.74) is -0.849. The zero-order chi connectivity index (χ0) is 19.2. The Morgan fingerprint density at radius 2 is 2.23 bits per heavy atom. The van der Waals surface area contributed by atoms with Gasteiger partial charge in [-0.05, 0) is 39.2 Å². The first-order valence-electron chi connectivity index (χ1n) is 9.07. The number of halogens is 3. The molecule has 0 amide bonds. The number of piperidine rings is 1. The van der Waals surface area contributed by atoms with Crippen molar-refractivity contribution in [3.05, 3.63) is 16.1 Å². The number of nitrogens with one attached hydrogen (secondary N) is 2. The molecule has 2 atom stereocenters. The first-order valence-corrected chi connectivity index (χ1v) is 9.95. The number of aliphatic imine (C=N–C) groups is 1. The minimum Gasteiger partial charge on any atom is -0.357 e. The highest BCUT2D eigenvalue weighted by Gasteiger charge is 2.33. The van der Waals surface area contributed by atoms with Crippen LogP contribution >= 0.6 is 11.3 Å². The van der Waals surface area contributed by atoms with Gasteiger partial charge in [0.25, 0.3) is 0 Å². The molecule has 2 heterocycles. The zero-order valence-corrected chi connectivity index (χ0v) is 16.4. The molecule has 5 nitrogen and oxygen atoms in total. The molecule has 1 aliphatic heterocycles. The third-order valence-electron chi connectivity index (χ3n) is 4.44. The van der Waals surface area contributed by atoms with Crippen LogP contribution in [0.4, 0.5) is 13.2 Å². The monoisotopic (exact) mass is 391 g/mol. The summed E-state index contributed by atoms with van der Waals surface area (Å²) in [5, 5.41) is 7.81. The first kappa shape index (κ1) is 21.0. The van der Waals surface area contributed by atoms with E-state index in [0.29, 0.717) is 23.6 Å². The molecule has 0 spiro atoms. The van der Waals surface area contributed by atoms with Gasteiger partial charge in [0.15, 0.2) is 11.7 Å². The Morgan fingerprint density at radius 1 is 1.46 bits per heavy atom. The van der Waals surface area contributed by atoms with Gasteiger partial charge >= 0.3 is 6.18 Å². The van der Waals surface area contributed by atoms with E-state index in [9.17, 15) is 13.2 Å². The molecule has 0 aliphatic carbocycles. The fourth-order valence-corrected chi connectivity index (χ4v) is 3.73. The van der Waals surface area contributed by atoms with Crippen LogP contribution in [0.15, 0.2) is 10.4 Å². The van der Waals surface area contributed by atoms with Crippen LogP contribution in [-0.4, -0.2) is 48.1 Å². The molecule has 1 aliphatic rings. The Bertz CT molecular complexity index is 587. The number of hydrogen-bond acceptors (Lipinski definition) is 4. The molecule has 1 fully saturated rings.